The minimum atomic E-state index is -4.23. The monoisotopic (exact) mass is 661 g/mol. The number of carbonyl (C=O) groups excluding carboxylic acids is 3. The zero-order valence-electron chi connectivity index (χ0n) is 24.8. The first-order valence-corrected chi connectivity index (χ1v) is 15.7. The van der Waals surface area contributed by atoms with Crippen molar-refractivity contribution in [1.82, 2.24) is 9.27 Å². The Morgan fingerprint density at radius 3 is 2.04 bits per heavy atom. The molecule has 0 aliphatic rings. The number of nitrogens with one attached hydrogen (secondary N) is 3. The summed E-state index contributed by atoms with van der Waals surface area (Å²) in [6.07, 6.45) is 0. The molecule has 5 aromatic rings. The number of aromatic hydroxyl groups is 2. The van der Waals surface area contributed by atoms with Gasteiger partial charge in [-0.05, 0) is 47.9 Å². The summed E-state index contributed by atoms with van der Waals surface area (Å²) in [5.74, 6) is -2.06. The molecule has 46 heavy (non-hydrogen) atoms. The molecule has 0 atom stereocenters. The van der Waals surface area contributed by atoms with Crippen molar-refractivity contribution >= 4 is 88.7 Å². The van der Waals surface area contributed by atoms with E-state index in [4.69, 9.17) is 0 Å². The molecular weight excluding hydrogens is 635 g/mol. The third-order valence-corrected chi connectivity index (χ3v) is 8.73. The summed E-state index contributed by atoms with van der Waals surface area (Å²) in [5.41, 5.74) is 0.644. The second kappa shape index (κ2) is 12.4. The van der Waals surface area contributed by atoms with E-state index in [0.29, 0.717) is 21.7 Å². The molecule has 3 amide bonds. The van der Waals surface area contributed by atoms with Crippen molar-refractivity contribution in [3.8, 4) is 11.5 Å². The fourth-order valence-corrected chi connectivity index (χ4v) is 6.33. The Balaban J connectivity index is 1.52. The van der Waals surface area contributed by atoms with Gasteiger partial charge in [0.05, 0.1) is 38.7 Å². The molecular formula is C30H27N7O7S2. The van der Waals surface area contributed by atoms with Crippen molar-refractivity contribution in [1.29, 1.82) is 0 Å². The molecule has 0 fully saturated rings. The molecule has 1 heterocycles. The number of carbonyl (C=O) groups is 3. The van der Waals surface area contributed by atoms with Crippen LogP contribution in [0.2, 0.25) is 0 Å². The van der Waals surface area contributed by atoms with Gasteiger partial charge in [-0.15, -0.1) is 10.2 Å². The maximum atomic E-state index is 13.7. The highest BCUT2D eigenvalue weighted by molar-refractivity contribution is 7.92. The number of fused-ring (bicyclic) bond motifs is 2. The highest BCUT2D eigenvalue weighted by atomic mass is 32.2. The van der Waals surface area contributed by atoms with E-state index in [9.17, 15) is 33.0 Å². The van der Waals surface area contributed by atoms with Crippen LogP contribution in [-0.2, 0) is 19.6 Å². The number of hydrogen-bond acceptors (Lipinski definition) is 11. The molecule has 14 nitrogen and oxygen atoms in total. The number of aromatic nitrogens is 1. The van der Waals surface area contributed by atoms with Crippen LogP contribution in [0.1, 0.15) is 24.2 Å². The van der Waals surface area contributed by atoms with E-state index in [1.807, 2.05) is 0 Å². The number of hydrogen-bond donors (Lipinski definition) is 5. The summed E-state index contributed by atoms with van der Waals surface area (Å²) in [6.45, 7) is 2.50. The van der Waals surface area contributed by atoms with Crippen LogP contribution in [0.4, 0.5) is 27.8 Å². The van der Waals surface area contributed by atoms with Crippen molar-refractivity contribution in [3.63, 3.8) is 0 Å². The molecule has 4 aromatic carbocycles. The zero-order valence-corrected chi connectivity index (χ0v) is 26.4. The van der Waals surface area contributed by atoms with E-state index in [2.05, 4.69) is 30.0 Å². The van der Waals surface area contributed by atoms with Crippen LogP contribution in [0, 0.1) is 0 Å². The summed E-state index contributed by atoms with van der Waals surface area (Å²) in [7, 11) is -1.19. The molecule has 0 radical (unpaired) electrons. The number of sulfonamides is 1. The van der Waals surface area contributed by atoms with Gasteiger partial charge in [0.2, 0.25) is 11.8 Å². The van der Waals surface area contributed by atoms with Gasteiger partial charge in [-0.1, -0.05) is 24.3 Å². The van der Waals surface area contributed by atoms with Gasteiger partial charge in [-0.25, -0.2) is 8.42 Å². The minimum absolute atomic E-state index is 0.00138. The molecule has 5 N–H and O–H groups in total. The van der Waals surface area contributed by atoms with Crippen LogP contribution in [-0.4, -0.2) is 59.7 Å². The third-order valence-electron chi connectivity index (χ3n) is 6.61. The lowest BCUT2D eigenvalue weighted by atomic mass is 10.0. The highest BCUT2D eigenvalue weighted by Gasteiger charge is 2.23. The van der Waals surface area contributed by atoms with E-state index in [1.165, 1.54) is 69.2 Å². The van der Waals surface area contributed by atoms with Gasteiger partial charge in [0, 0.05) is 44.1 Å². The van der Waals surface area contributed by atoms with Crippen molar-refractivity contribution in [2.45, 2.75) is 18.7 Å². The Morgan fingerprint density at radius 2 is 1.43 bits per heavy atom. The Kier molecular flexibility index (Phi) is 8.58. The summed E-state index contributed by atoms with van der Waals surface area (Å²) in [6, 6.07) is 14.8. The van der Waals surface area contributed by atoms with Crippen LogP contribution >= 0.6 is 11.5 Å². The number of anilines is 3. The fraction of sp³-hybridized carbons (Fsp3) is 0.133. The average Bonchev–Trinajstić information content (AvgIpc) is 3.41. The molecule has 236 valence electrons. The summed E-state index contributed by atoms with van der Waals surface area (Å²) < 4.78 is 34.2. The van der Waals surface area contributed by atoms with Crippen LogP contribution in [0.15, 0.2) is 75.8 Å². The molecule has 16 heteroatoms. The molecule has 0 aliphatic carbocycles. The van der Waals surface area contributed by atoms with Gasteiger partial charge in [0.25, 0.3) is 15.9 Å². The standard InChI is InChI=1S/C30H27N7O7S2/c1-15(38)31-25-11-17(12-26(28(25)41)32-16(2)39)33-34-29-21-13-18(9-10-23(21)35-45-29)46(43,44)36-24-14-22(30(42)37(3)4)27(40)20-8-6-5-7-19(20)24/h5-14,36,40-41H,1-4H3,(H,31,38)(H,32,39). The van der Waals surface area contributed by atoms with E-state index in [0.717, 1.165) is 11.5 Å². The topological polar surface area (TPSA) is 203 Å². The van der Waals surface area contributed by atoms with Crippen molar-refractivity contribution in [2.75, 3.05) is 29.5 Å². The number of phenolic OH excluding ortho intramolecular Hbond substituents is 2. The minimum Gasteiger partial charge on any atom is -0.506 e. The largest absolute Gasteiger partial charge is 0.506 e. The lowest BCUT2D eigenvalue weighted by Gasteiger charge is -2.17. The molecule has 5 rings (SSSR count). The first-order chi connectivity index (χ1) is 21.7. The average molecular weight is 662 g/mol. The van der Waals surface area contributed by atoms with Gasteiger partial charge >= 0.3 is 0 Å². The smallest absolute Gasteiger partial charge is 0.261 e. The molecule has 0 aliphatic heterocycles. The number of phenols is 2. The number of azo groups is 1. The summed E-state index contributed by atoms with van der Waals surface area (Å²) in [5, 5.41) is 35.9. The Morgan fingerprint density at radius 1 is 0.804 bits per heavy atom. The molecule has 1 aromatic heterocycles. The van der Waals surface area contributed by atoms with Gasteiger partial charge in [0.15, 0.2) is 10.8 Å². The first kappa shape index (κ1) is 31.8. The van der Waals surface area contributed by atoms with Crippen LogP contribution in [0.25, 0.3) is 21.7 Å². The second-order valence-electron chi connectivity index (χ2n) is 10.3. The normalized spacial score (nSPS) is 11.6. The maximum Gasteiger partial charge on any atom is 0.261 e. The van der Waals surface area contributed by atoms with Crippen LogP contribution < -0.4 is 15.4 Å². The predicted molar refractivity (Wildman–Crippen MR) is 175 cm³/mol. The molecule has 0 saturated heterocycles. The van der Waals surface area contributed by atoms with Gasteiger partial charge in [-0.2, -0.15) is 4.37 Å². The van der Waals surface area contributed by atoms with Crippen LogP contribution in [0.5, 0.6) is 11.5 Å². The van der Waals surface area contributed by atoms with Gasteiger partial charge in [0.1, 0.15) is 5.75 Å². The summed E-state index contributed by atoms with van der Waals surface area (Å²) in [4.78, 5) is 37.2. The zero-order chi connectivity index (χ0) is 33.3. The van der Waals surface area contributed by atoms with Gasteiger partial charge in [-0.3, -0.25) is 19.1 Å². The Hall–Kier alpha value is -5.61. The third kappa shape index (κ3) is 6.43. The van der Waals surface area contributed by atoms with E-state index < -0.39 is 27.7 Å². The number of nitrogens with zero attached hydrogens (tertiary/aromatic N) is 4. The van der Waals surface area contributed by atoms with Crippen molar-refractivity contribution in [2.24, 2.45) is 10.2 Å². The first-order valence-electron chi connectivity index (χ1n) is 13.5. The lowest BCUT2D eigenvalue weighted by Crippen LogP contribution is -2.22. The van der Waals surface area contributed by atoms with Crippen LogP contribution in [0.3, 0.4) is 0 Å². The summed E-state index contributed by atoms with van der Waals surface area (Å²) >= 11 is 0.965. The quantitative estimate of drug-likeness (QED) is 0.0791. The van der Waals surface area contributed by atoms with Crippen molar-refractivity contribution < 1.29 is 33.0 Å². The molecule has 0 unspecified atom stereocenters. The molecule has 0 saturated carbocycles. The number of amides is 3. The van der Waals surface area contributed by atoms with E-state index >= 15 is 0 Å². The SMILES string of the molecule is CC(=O)Nc1cc(N=Nc2snc3ccc(S(=O)(=O)Nc4cc(C(=O)N(C)C)c(O)c5ccccc45)cc23)cc(NC(C)=O)c1O. The fourth-order valence-electron chi connectivity index (χ4n) is 4.55. The predicted octanol–water partition coefficient (Wildman–Crippen LogP) is 5.70. The second-order valence-corrected chi connectivity index (χ2v) is 12.7. The van der Waals surface area contributed by atoms with E-state index in [1.54, 1.807) is 24.3 Å². The number of rotatable bonds is 8. The van der Waals surface area contributed by atoms with Gasteiger partial charge < -0.3 is 25.7 Å². The number of benzene rings is 4. The maximum absolute atomic E-state index is 13.7. The molecule has 0 spiro atoms. The van der Waals surface area contributed by atoms with E-state index in [-0.39, 0.29) is 49.7 Å². The lowest BCUT2D eigenvalue weighted by molar-refractivity contribution is -0.115. The molecule has 0 bridgehead atoms. The Bertz CT molecular complexity index is 2160. The van der Waals surface area contributed by atoms with Crippen molar-refractivity contribution in [3.05, 3.63) is 66.2 Å². The highest BCUT2D eigenvalue weighted by Crippen LogP contribution is 2.40. The Labute approximate surface area is 266 Å².